The summed E-state index contributed by atoms with van der Waals surface area (Å²) in [4.78, 5) is 38.4. The second-order valence-corrected chi connectivity index (χ2v) is 8.13. The van der Waals surface area contributed by atoms with Crippen LogP contribution in [0.5, 0.6) is 0 Å². The molecule has 1 amide bonds. The molecule has 2 fully saturated rings. The van der Waals surface area contributed by atoms with Crippen LogP contribution in [-0.2, 0) is 14.3 Å². The maximum atomic E-state index is 13.1. The van der Waals surface area contributed by atoms with Gasteiger partial charge in [-0.3, -0.25) is 14.5 Å². The topological polar surface area (TPSA) is 95.9 Å². The number of likely N-dealkylation sites (tertiary alicyclic amines) is 1. The maximum Gasteiger partial charge on any atom is 0.295 e. The van der Waals surface area contributed by atoms with Gasteiger partial charge in [0.25, 0.3) is 11.7 Å². The lowest BCUT2D eigenvalue weighted by Crippen LogP contribution is -2.38. The fraction of sp³-hybridized carbons (Fsp3) is 0.417. The van der Waals surface area contributed by atoms with Crippen molar-refractivity contribution in [2.45, 2.75) is 26.3 Å². The largest absolute Gasteiger partial charge is 0.507 e. The molecule has 1 N–H and O–H groups in total. The summed E-state index contributed by atoms with van der Waals surface area (Å²) < 4.78 is 5.39. The number of aliphatic hydroxyl groups is 1. The number of benzene rings is 1. The van der Waals surface area contributed by atoms with E-state index in [4.69, 9.17) is 4.74 Å². The molecule has 8 heteroatoms. The van der Waals surface area contributed by atoms with Crippen LogP contribution in [0.15, 0.2) is 42.1 Å². The molecule has 0 radical (unpaired) electrons. The number of morpholine rings is 1. The van der Waals surface area contributed by atoms with Crippen molar-refractivity contribution in [1.82, 2.24) is 19.8 Å². The number of hydrogen-bond donors (Lipinski definition) is 1. The third kappa shape index (κ3) is 4.42. The first-order valence-electron chi connectivity index (χ1n) is 10.9. The lowest BCUT2D eigenvalue weighted by molar-refractivity contribution is -0.140. The van der Waals surface area contributed by atoms with Gasteiger partial charge in [0, 0.05) is 32.4 Å². The molecule has 168 valence electrons. The molecule has 0 bridgehead atoms. The highest BCUT2D eigenvalue weighted by molar-refractivity contribution is 6.46. The van der Waals surface area contributed by atoms with Crippen molar-refractivity contribution in [3.63, 3.8) is 0 Å². The zero-order valence-electron chi connectivity index (χ0n) is 18.5. The number of carbonyl (C=O) groups excluding carboxylic acids is 2. The zero-order valence-corrected chi connectivity index (χ0v) is 18.5. The first-order valence-corrected chi connectivity index (χ1v) is 10.9. The van der Waals surface area contributed by atoms with Crippen LogP contribution in [0.4, 0.5) is 0 Å². The zero-order chi connectivity index (χ0) is 22.7. The Balaban J connectivity index is 1.67. The molecular weight excluding hydrogens is 408 g/mol. The number of nitrogens with zero attached hydrogens (tertiary/aromatic N) is 4. The van der Waals surface area contributed by atoms with Gasteiger partial charge in [0.15, 0.2) is 0 Å². The van der Waals surface area contributed by atoms with Gasteiger partial charge in [-0.1, -0.05) is 30.3 Å². The molecule has 3 heterocycles. The minimum atomic E-state index is -0.678. The van der Waals surface area contributed by atoms with Gasteiger partial charge in [0.2, 0.25) is 0 Å². The second kappa shape index (κ2) is 9.58. The first kappa shape index (κ1) is 22.1. The predicted octanol–water partition coefficient (Wildman–Crippen LogP) is 2.24. The van der Waals surface area contributed by atoms with E-state index in [1.54, 1.807) is 18.7 Å². The molecule has 8 nitrogen and oxygen atoms in total. The molecule has 2 saturated heterocycles. The number of aryl methyl sites for hydroxylation is 2. The van der Waals surface area contributed by atoms with E-state index in [9.17, 15) is 14.7 Å². The van der Waals surface area contributed by atoms with Crippen LogP contribution in [0.1, 0.15) is 35.1 Å². The first-order chi connectivity index (χ1) is 15.5. The fourth-order valence-corrected chi connectivity index (χ4v) is 4.34. The van der Waals surface area contributed by atoms with Crippen molar-refractivity contribution in [1.29, 1.82) is 0 Å². The van der Waals surface area contributed by atoms with Crippen LogP contribution in [0.3, 0.4) is 0 Å². The number of hydrogen-bond acceptors (Lipinski definition) is 7. The Morgan fingerprint density at radius 2 is 1.84 bits per heavy atom. The lowest BCUT2D eigenvalue weighted by Gasteiger charge is -2.29. The van der Waals surface area contributed by atoms with Gasteiger partial charge in [-0.2, -0.15) is 0 Å². The molecule has 0 unspecified atom stereocenters. The molecule has 2 aromatic rings. The van der Waals surface area contributed by atoms with Crippen LogP contribution in [-0.4, -0.2) is 76.0 Å². The molecule has 4 rings (SSSR count). The molecule has 2 aliphatic rings. The fourth-order valence-electron chi connectivity index (χ4n) is 4.34. The molecule has 0 aliphatic carbocycles. The van der Waals surface area contributed by atoms with Gasteiger partial charge in [-0.15, -0.1) is 0 Å². The summed E-state index contributed by atoms with van der Waals surface area (Å²) in [6.07, 6.45) is 2.23. The minimum absolute atomic E-state index is 0.0862. The number of aliphatic hydroxyl groups excluding tert-OH is 1. The number of carbonyl (C=O) groups is 2. The van der Waals surface area contributed by atoms with Crippen molar-refractivity contribution >= 4 is 17.4 Å². The number of ether oxygens (including phenoxy) is 1. The third-order valence-corrected chi connectivity index (χ3v) is 5.99. The molecule has 2 aliphatic heterocycles. The Kier molecular flexibility index (Phi) is 6.62. The Bertz CT molecular complexity index is 1030. The number of amides is 1. The Labute approximate surface area is 187 Å². The summed E-state index contributed by atoms with van der Waals surface area (Å²) in [5.41, 5.74) is 1.79. The number of Topliss-reactive ketones (excluding diaryl/α,β-unsaturated/α-hetero) is 1. The summed E-state index contributed by atoms with van der Waals surface area (Å²) >= 11 is 0. The van der Waals surface area contributed by atoms with E-state index < -0.39 is 17.7 Å². The maximum absolute atomic E-state index is 13.1. The molecule has 0 saturated carbocycles. The van der Waals surface area contributed by atoms with Crippen molar-refractivity contribution in [2.75, 3.05) is 39.4 Å². The monoisotopic (exact) mass is 436 g/mol. The van der Waals surface area contributed by atoms with E-state index >= 15 is 0 Å². The third-order valence-electron chi connectivity index (χ3n) is 5.99. The van der Waals surface area contributed by atoms with Gasteiger partial charge in [0.05, 0.1) is 36.1 Å². The molecular formula is C24H28N4O4. The van der Waals surface area contributed by atoms with Crippen molar-refractivity contribution in [3.05, 3.63) is 64.7 Å². The Hall–Kier alpha value is -3.10. The Morgan fingerprint density at radius 3 is 2.53 bits per heavy atom. The van der Waals surface area contributed by atoms with Crippen LogP contribution in [0.25, 0.3) is 5.76 Å². The van der Waals surface area contributed by atoms with Gasteiger partial charge < -0.3 is 14.7 Å². The predicted molar refractivity (Wildman–Crippen MR) is 119 cm³/mol. The van der Waals surface area contributed by atoms with Gasteiger partial charge in [0.1, 0.15) is 11.6 Å². The molecule has 0 spiro atoms. The van der Waals surface area contributed by atoms with E-state index in [-0.39, 0.29) is 11.3 Å². The van der Waals surface area contributed by atoms with E-state index in [0.717, 1.165) is 31.6 Å². The van der Waals surface area contributed by atoms with Crippen molar-refractivity contribution in [2.24, 2.45) is 0 Å². The van der Waals surface area contributed by atoms with Crippen molar-refractivity contribution < 1.29 is 19.4 Å². The van der Waals surface area contributed by atoms with E-state index in [1.807, 2.05) is 30.3 Å². The molecule has 1 aromatic carbocycles. The standard InChI is InChI=1S/C24H28N4O4/c1-16-19(15-25-17(2)26-16)22(29)20-21(18-7-4-3-5-8-18)28(24(31)23(20)30)10-6-9-27-11-13-32-14-12-27/h3-5,7-8,15,21,29H,6,9-14H2,1-2H3/t21-/m0/s1. The highest BCUT2D eigenvalue weighted by Gasteiger charge is 2.46. The van der Waals surface area contributed by atoms with E-state index in [1.165, 1.54) is 6.20 Å². The summed E-state index contributed by atoms with van der Waals surface area (Å²) in [5, 5.41) is 11.1. The molecule has 1 aromatic heterocycles. The average molecular weight is 437 g/mol. The van der Waals surface area contributed by atoms with E-state index in [0.29, 0.717) is 36.8 Å². The Morgan fingerprint density at radius 1 is 1.12 bits per heavy atom. The average Bonchev–Trinajstić information content (AvgIpc) is 3.05. The normalized spacial score (nSPS) is 21.3. The number of aromatic nitrogens is 2. The summed E-state index contributed by atoms with van der Waals surface area (Å²) in [5.74, 6) is -0.927. The van der Waals surface area contributed by atoms with Crippen molar-refractivity contribution in [3.8, 4) is 0 Å². The number of rotatable bonds is 6. The molecule has 32 heavy (non-hydrogen) atoms. The smallest absolute Gasteiger partial charge is 0.295 e. The van der Waals surface area contributed by atoms with Gasteiger partial charge >= 0.3 is 0 Å². The van der Waals surface area contributed by atoms with Crippen LogP contribution in [0, 0.1) is 13.8 Å². The van der Waals surface area contributed by atoms with Gasteiger partial charge in [-0.05, 0) is 25.8 Å². The van der Waals surface area contributed by atoms with Gasteiger partial charge in [-0.25, -0.2) is 9.97 Å². The number of ketones is 1. The van der Waals surface area contributed by atoms with Crippen LogP contribution in [0.2, 0.25) is 0 Å². The van der Waals surface area contributed by atoms with Crippen LogP contribution < -0.4 is 0 Å². The quantitative estimate of drug-likeness (QED) is 0.421. The summed E-state index contributed by atoms with van der Waals surface area (Å²) in [6, 6.07) is 8.70. The van der Waals surface area contributed by atoms with E-state index in [2.05, 4.69) is 14.9 Å². The minimum Gasteiger partial charge on any atom is -0.507 e. The highest BCUT2D eigenvalue weighted by Crippen LogP contribution is 2.39. The van der Waals surface area contributed by atoms with Crippen LogP contribution >= 0.6 is 0 Å². The summed E-state index contributed by atoms with van der Waals surface area (Å²) in [6.45, 7) is 7.91. The highest BCUT2D eigenvalue weighted by atomic mass is 16.5. The summed E-state index contributed by atoms with van der Waals surface area (Å²) in [7, 11) is 0. The second-order valence-electron chi connectivity index (χ2n) is 8.13. The lowest BCUT2D eigenvalue weighted by atomic mass is 9.95. The molecule has 1 atom stereocenters. The SMILES string of the molecule is Cc1ncc(C(O)=C2C(=O)C(=O)N(CCCN3CCOCC3)[C@H]2c2ccccc2)c(C)n1.